The number of alkyl halides is 2. The SMILES string of the molecule is Cc1cc(-c2cc(Cl)ccc2OCCn2c(C)nc3c(c2=O)C[C@@H](N2CC4CC(C2)C4(F)F)CC3)c2scc(C(=O)O)c2n1. The third-order valence-corrected chi connectivity index (χ3v) is 10.7. The van der Waals surface area contributed by atoms with E-state index in [0.29, 0.717) is 71.3 Å². The van der Waals surface area contributed by atoms with Crippen molar-refractivity contribution in [3.05, 3.63) is 73.4 Å². The van der Waals surface area contributed by atoms with Gasteiger partial charge in [-0.2, -0.15) is 0 Å². The lowest BCUT2D eigenvalue weighted by Gasteiger charge is -2.55. The molecule has 4 aromatic rings. The predicted molar refractivity (Wildman–Crippen MR) is 164 cm³/mol. The molecular formula is C32H31ClF2N4O4S. The van der Waals surface area contributed by atoms with E-state index in [1.165, 1.54) is 11.3 Å². The number of nitrogens with zero attached hydrogens (tertiary/aromatic N) is 4. The summed E-state index contributed by atoms with van der Waals surface area (Å²) < 4.78 is 36.9. The van der Waals surface area contributed by atoms with Crippen LogP contribution in [0.4, 0.5) is 8.78 Å². The van der Waals surface area contributed by atoms with Gasteiger partial charge in [0.1, 0.15) is 18.2 Å². The number of pyridine rings is 1. The molecule has 1 saturated carbocycles. The largest absolute Gasteiger partial charge is 0.491 e. The first-order valence-corrected chi connectivity index (χ1v) is 16.0. The molecule has 2 aliphatic heterocycles. The minimum absolute atomic E-state index is 0.0713. The summed E-state index contributed by atoms with van der Waals surface area (Å²) in [7, 11) is 0. The van der Waals surface area contributed by atoms with Crippen molar-refractivity contribution in [2.75, 3.05) is 19.7 Å². The number of benzene rings is 1. The number of aromatic carboxylic acids is 1. The average Bonchev–Trinajstić information content (AvgIpc) is 3.43. The van der Waals surface area contributed by atoms with Gasteiger partial charge < -0.3 is 9.84 Å². The van der Waals surface area contributed by atoms with Crippen molar-refractivity contribution in [2.45, 2.75) is 58.0 Å². The lowest BCUT2D eigenvalue weighted by molar-refractivity contribution is -0.231. The van der Waals surface area contributed by atoms with E-state index in [-0.39, 0.29) is 30.3 Å². The first kappa shape index (κ1) is 29.3. The predicted octanol–water partition coefficient (Wildman–Crippen LogP) is 6.01. The average molecular weight is 641 g/mol. The minimum Gasteiger partial charge on any atom is -0.491 e. The van der Waals surface area contributed by atoms with Crippen molar-refractivity contribution in [3.8, 4) is 16.9 Å². The minimum atomic E-state index is -2.55. The number of aryl methyl sites for hydroxylation is 3. The summed E-state index contributed by atoms with van der Waals surface area (Å²) in [5.41, 5.74) is 4.07. The molecule has 44 heavy (non-hydrogen) atoms. The van der Waals surface area contributed by atoms with E-state index in [2.05, 4.69) is 9.88 Å². The number of halogens is 3. The van der Waals surface area contributed by atoms with Crippen LogP contribution in [0.15, 0.2) is 34.4 Å². The maximum Gasteiger partial charge on any atom is 0.338 e. The van der Waals surface area contributed by atoms with Gasteiger partial charge in [-0.15, -0.1) is 11.3 Å². The van der Waals surface area contributed by atoms with E-state index in [0.717, 1.165) is 22.4 Å². The van der Waals surface area contributed by atoms with Gasteiger partial charge in [-0.25, -0.2) is 18.6 Å². The quantitative estimate of drug-likeness (QED) is 0.264. The van der Waals surface area contributed by atoms with Gasteiger partial charge in [-0.1, -0.05) is 11.6 Å². The zero-order valence-corrected chi connectivity index (χ0v) is 25.9. The Kier molecular flexibility index (Phi) is 7.25. The number of thiophene rings is 1. The molecule has 1 aromatic carbocycles. The molecule has 230 valence electrons. The fourth-order valence-corrected chi connectivity index (χ4v) is 8.30. The van der Waals surface area contributed by atoms with Gasteiger partial charge in [-0.3, -0.25) is 19.2 Å². The van der Waals surface area contributed by atoms with Crippen molar-refractivity contribution in [1.29, 1.82) is 0 Å². The van der Waals surface area contributed by atoms with E-state index in [9.17, 15) is 23.5 Å². The molecule has 12 heteroatoms. The number of hydrogen-bond acceptors (Lipinski definition) is 7. The van der Waals surface area contributed by atoms with Gasteiger partial charge in [0, 0.05) is 63.8 Å². The highest BCUT2D eigenvalue weighted by molar-refractivity contribution is 7.18. The maximum atomic E-state index is 14.2. The Morgan fingerprint density at radius 3 is 2.68 bits per heavy atom. The van der Waals surface area contributed by atoms with Gasteiger partial charge >= 0.3 is 5.97 Å². The van der Waals surface area contributed by atoms with E-state index < -0.39 is 23.7 Å². The zero-order valence-electron chi connectivity index (χ0n) is 24.3. The van der Waals surface area contributed by atoms with E-state index in [1.54, 1.807) is 28.1 Å². The van der Waals surface area contributed by atoms with Gasteiger partial charge in [-0.05, 0) is 63.8 Å². The second kappa shape index (κ2) is 10.9. The molecule has 4 aliphatic rings. The fourth-order valence-electron chi connectivity index (χ4n) is 7.12. The number of carboxylic acids is 1. The third-order valence-electron chi connectivity index (χ3n) is 9.46. The number of fused-ring (bicyclic) bond motifs is 4. The molecule has 2 saturated heterocycles. The molecule has 8 nitrogen and oxygen atoms in total. The maximum absolute atomic E-state index is 14.2. The highest BCUT2D eigenvalue weighted by atomic mass is 35.5. The molecule has 8 rings (SSSR count). The van der Waals surface area contributed by atoms with Crippen molar-refractivity contribution in [3.63, 3.8) is 0 Å². The Hall–Kier alpha value is -3.41. The van der Waals surface area contributed by atoms with Gasteiger partial charge in [0.05, 0.1) is 28.0 Å². The summed E-state index contributed by atoms with van der Waals surface area (Å²) >= 11 is 7.69. The lowest BCUT2D eigenvalue weighted by Crippen LogP contribution is -2.64. The van der Waals surface area contributed by atoms with Crippen LogP contribution in [0.2, 0.25) is 5.02 Å². The Labute approximate surface area is 261 Å². The number of piperidine rings is 2. The van der Waals surface area contributed by atoms with Gasteiger partial charge in [0.2, 0.25) is 0 Å². The molecule has 2 bridgehead atoms. The molecule has 0 amide bonds. The van der Waals surface area contributed by atoms with Crippen molar-refractivity contribution < 1.29 is 23.4 Å². The number of aromatic nitrogens is 3. The van der Waals surface area contributed by atoms with E-state index in [4.69, 9.17) is 21.3 Å². The molecule has 5 heterocycles. The van der Waals surface area contributed by atoms with Crippen LogP contribution >= 0.6 is 22.9 Å². The van der Waals surface area contributed by atoms with Crippen LogP contribution in [0.25, 0.3) is 21.3 Å². The summed E-state index contributed by atoms with van der Waals surface area (Å²) in [6, 6.07) is 7.23. The van der Waals surface area contributed by atoms with Crippen LogP contribution in [0.5, 0.6) is 5.75 Å². The molecule has 1 N–H and O–H groups in total. The normalized spacial score (nSPS) is 22.4. The molecule has 0 radical (unpaired) electrons. The molecule has 3 atom stereocenters. The number of carbonyl (C=O) groups is 1. The summed E-state index contributed by atoms with van der Waals surface area (Å²) in [4.78, 5) is 36.9. The second-order valence-electron chi connectivity index (χ2n) is 12.1. The number of carboxylic acid groups (broad SMARTS) is 1. The monoisotopic (exact) mass is 640 g/mol. The van der Waals surface area contributed by atoms with E-state index >= 15 is 0 Å². The Morgan fingerprint density at radius 2 is 1.95 bits per heavy atom. The standard InChI is InChI=1S/C32H31ClF2N4O4S/c1-16-9-23(29-28(36-16)25(15-44-29)31(41)42)22-11-20(33)3-6-27(22)43-8-7-39-17(2)37-26-5-4-21(12-24(26)30(39)40)38-13-18-10-19(14-38)32(18,34)35/h3,6,9,11,15,18-19,21H,4-5,7-8,10,12-14H2,1-2H3,(H,41,42)/t18?,19?,21-/m0/s1. The molecular weight excluding hydrogens is 610 g/mol. The van der Waals surface area contributed by atoms with Crippen LogP contribution in [0.1, 0.15) is 46.0 Å². The van der Waals surface area contributed by atoms with Crippen molar-refractivity contribution in [1.82, 2.24) is 19.4 Å². The van der Waals surface area contributed by atoms with E-state index in [1.807, 2.05) is 19.9 Å². The first-order valence-electron chi connectivity index (χ1n) is 14.8. The van der Waals surface area contributed by atoms with Crippen LogP contribution in [0, 0.1) is 25.7 Å². The summed E-state index contributed by atoms with van der Waals surface area (Å²) in [6.07, 6.45) is 2.59. The zero-order chi connectivity index (χ0) is 30.9. The summed E-state index contributed by atoms with van der Waals surface area (Å²) in [5, 5.41) is 11.7. The van der Waals surface area contributed by atoms with Gasteiger partial charge in [0.25, 0.3) is 11.5 Å². The van der Waals surface area contributed by atoms with Gasteiger partial charge in [0.15, 0.2) is 0 Å². The Balaban J connectivity index is 1.12. The third kappa shape index (κ3) is 4.89. The van der Waals surface area contributed by atoms with Crippen LogP contribution in [-0.2, 0) is 19.4 Å². The van der Waals surface area contributed by atoms with Crippen LogP contribution < -0.4 is 10.3 Å². The fraction of sp³-hybridized carbons (Fsp3) is 0.438. The number of ether oxygens (including phenoxy) is 1. The van der Waals surface area contributed by atoms with Crippen LogP contribution in [0.3, 0.4) is 0 Å². The van der Waals surface area contributed by atoms with Crippen molar-refractivity contribution >= 4 is 39.1 Å². The molecule has 3 aromatic heterocycles. The topological polar surface area (TPSA) is 97.6 Å². The number of rotatable bonds is 7. The Bertz CT molecular complexity index is 1860. The van der Waals surface area contributed by atoms with Crippen molar-refractivity contribution in [2.24, 2.45) is 11.8 Å². The Morgan fingerprint density at radius 1 is 1.18 bits per heavy atom. The summed E-state index contributed by atoms with van der Waals surface area (Å²) in [5.74, 6) is -3.58. The summed E-state index contributed by atoms with van der Waals surface area (Å²) in [6.45, 7) is 4.85. The van der Waals surface area contributed by atoms with Crippen LogP contribution in [-0.4, -0.2) is 62.2 Å². The lowest BCUT2D eigenvalue weighted by atomic mass is 9.66. The molecule has 2 unspecified atom stereocenters. The molecule has 0 spiro atoms. The smallest absolute Gasteiger partial charge is 0.338 e. The highest BCUT2D eigenvalue weighted by Crippen LogP contribution is 2.53. The highest BCUT2D eigenvalue weighted by Gasteiger charge is 2.61. The number of hydrogen-bond donors (Lipinski definition) is 1. The molecule has 2 aliphatic carbocycles. The first-order chi connectivity index (χ1) is 21.0. The second-order valence-corrected chi connectivity index (χ2v) is 13.4. The molecule has 3 fully saturated rings.